The van der Waals surface area contributed by atoms with Crippen molar-refractivity contribution in [3.8, 4) is 0 Å². The van der Waals surface area contributed by atoms with E-state index in [1.807, 2.05) is 50.1 Å². The molecule has 0 bridgehead atoms. The Kier molecular flexibility index (Phi) is 6.60. The van der Waals surface area contributed by atoms with E-state index in [-0.39, 0.29) is 17.6 Å². The first-order chi connectivity index (χ1) is 15.9. The maximum absolute atomic E-state index is 13.1. The van der Waals surface area contributed by atoms with Crippen molar-refractivity contribution in [2.45, 2.75) is 46.9 Å². The van der Waals surface area contributed by atoms with Crippen LogP contribution in [0, 0.1) is 20.8 Å². The van der Waals surface area contributed by atoms with E-state index >= 15 is 0 Å². The Hall–Kier alpha value is -3.45. The van der Waals surface area contributed by atoms with Crippen molar-refractivity contribution >= 4 is 11.8 Å². The van der Waals surface area contributed by atoms with E-state index in [9.17, 15) is 9.59 Å². The minimum Gasteiger partial charge on any atom is -0.453 e. The number of hydrogen-bond acceptors (Lipinski definition) is 5. The standard InChI is InChI=1S/C26H29N3O4/c1-16-5-7-21(17(2)11-16)26(31)29-10-9-22-19(14-29)12-27-18(3)23(22)13-28-25(30)24-8-6-20(33-24)15-32-4/h5-8,11-12H,9-10,13-15H2,1-4H3,(H,28,30). The number of fused-ring (bicyclic) bond motifs is 1. The Morgan fingerprint density at radius 1 is 1.18 bits per heavy atom. The first kappa shape index (κ1) is 22.7. The summed E-state index contributed by atoms with van der Waals surface area (Å²) in [7, 11) is 1.58. The van der Waals surface area contributed by atoms with Crippen molar-refractivity contribution < 1.29 is 18.7 Å². The minimum absolute atomic E-state index is 0.0401. The van der Waals surface area contributed by atoms with Gasteiger partial charge < -0.3 is 19.4 Å². The third kappa shape index (κ3) is 4.83. The maximum atomic E-state index is 13.1. The summed E-state index contributed by atoms with van der Waals surface area (Å²) in [5.74, 6) is 0.615. The Bertz CT molecular complexity index is 1200. The zero-order chi connectivity index (χ0) is 23.5. The van der Waals surface area contributed by atoms with E-state index in [0.29, 0.717) is 32.0 Å². The number of nitrogens with zero attached hydrogens (tertiary/aromatic N) is 2. The van der Waals surface area contributed by atoms with Crippen molar-refractivity contribution in [1.82, 2.24) is 15.2 Å². The van der Waals surface area contributed by atoms with Gasteiger partial charge in [0.1, 0.15) is 12.4 Å². The molecular weight excluding hydrogens is 418 g/mol. The third-order valence-electron chi connectivity index (χ3n) is 6.09. The molecule has 0 saturated carbocycles. The monoisotopic (exact) mass is 447 g/mol. The normalized spacial score (nSPS) is 13.0. The summed E-state index contributed by atoms with van der Waals surface area (Å²) in [5.41, 5.74) is 6.93. The molecule has 4 rings (SSSR count). The highest BCUT2D eigenvalue weighted by Gasteiger charge is 2.26. The lowest BCUT2D eigenvalue weighted by Crippen LogP contribution is -2.37. The lowest BCUT2D eigenvalue weighted by Gasteiger charge is -2.31. The first-order valence-electron chi connectivity index (χ1n) is 11.1. The van der Waals surface area contributed by atoms with E-state index in [1.54, 1.807) is 19.2 Å². The number of methoxy groups -OCH3 is 1. The molecule has 1 aliphatic heterocycles. The number of rotatable bonds is 6. The predicted molar refractivity (Wildman–Crippen MR) is 124 cm³/mol. The molecule has 1 N–H and O–H groups in total. The van der Waals surface area contributed by atoms with E-state index in [2.05, 4.69) is 10.3 Å². The lowest BCUT2D eigenvalue weighted by molar-refractivity contribution is 0.0733. The van der Waals surface area contributed by atoms with Crippen LogP contribution in [-0.4, -0.2) is 35.4 Å². The van der Waals surface area contributed by atoms with E-state index < -0.39 is 0 Å². The number of ether oxygens (including phenoxy) is 1. The van der Waals surface area contributed by atoms with Crippen LogP contribution in [0.15, 0.2) is 40.9 Å². The highest BCUT2D eigenvalue weighted by Crippen LogP contribution is 2.26. The number of amides is 2. The molecule has 0 fully saturated rings. The number of hydrogen-bond donors (Lipinski definition) is 1. The second-order valence-electron chi connectivity index (χ2n) is 8.50. The third-order valence-corrected chi connectivity index (χ3v) is 6.09. The van der Waals surface area contributed by atoms with Crippen LogP contribution >= 0.6 is 0 Å². The number of carbonyl (C=O) groups excluding carboxylic acids is 2. The van der Waals surface area contributed by atoms with Gasteiger partial charge in [-0.1, -0.05) is 17.7 Å². The molecule has 2 aromatic heterocycles. The van der Waals surface area contributed by atoms with Crippen LogP contribution in [0.3, 0.4) is 0 Å². The molecule has 0 spiro atoms. The van der Waals surface area contributed by atoms with E-state index in [0.717, 1.165) is 45.5 Å². The molecule has 7 nitrogen and oxygen atoms in total. The average molecular weight is 448 g/mol. The van der Waals surface area contributed by atoms with Gasteiger partial charge in [0.2, 0.25) is 0 Å². The molecule has 1 aromatic carbocycles. The lowest BCUT2D eigenvalue weighted by atomic mass is 9.94. The summed E-state index contributed by atoms with van der Waals surface area (Å²) in [6.07, 6.45) is 2.57. The summed E-state index contributed by atoms with van der Waals surface area (Å²) < 4.78 is 10.6. The first-order valence-corrected chi connectivity index (χ1v) is 11.1. The van der Waals surface area contributed by atoms with Crippen molar-refractivity contribution in [2.24, 2.45) is 0 Å². The number of nitrogens with one attached hydrogen (secondary N) is 1. The van der Waals surface area contributed by atoms with Crippen LogP contribution < -0.4 is 5.32 Å². The van der Waals surface area contributed by atoms with Crippen molar-refractivity contribution in [2.75, 3.05) is 13.7 Å². The molecule has 0 atom stereocenters. The van der Waals surface area contributed by atoms with E-state index in [1.165, 1.54) is 0 Å². The van der Waals surface area contributed by atoms with Gasteiger partial charge in [0.25, 0.3) is 11.8 Å². The Morgan fingerprint density at radius 3 is 2.76 bits per heavy atom. The van der Waals surface area contributed by atoms with Gasteiger partial charge in [0.05, 0.1) is 0 Å². The maximum Gasteiger partial charge on any atom is 0.287 e. The van der Waals surface area contributed by atoms with Crippen LogP contribution in [0.4, 0.5) is 0 Å². The van der Waals surface area contributed by atoms with Gasteiger partial charge in [0, 0.05) is 44.2 Å². The smallest absolute Gasteiger partial charge is 0.287 e. The summed E-state index contributed by atoms with van der Waals surface area (Å²) in [4.78, 5) is 32.1. The van der Waals surface area contributed by atoms with Crippen molar-refractivity contribution in [1.29, 1.82) is 0 Å². The van der Waals surface area contributed by atoms with Crippen LogP contribution in [0.25, 0.3) is 0 Å². The SMILES string of the molecule is COCc1ccc(C(=O)NCc2c(C)ncc3c2CCN(C(=O)c2ccc(C)cc2C)C3)o1. The van der Waals surface area contributed by atoms with Crippen molar-refractivity contribution in [3.63, 3.8) is 0 Å². The van der Waals surface area contributed by atoms with Crippen LogP contribution in [0.1, 0.15) is 60.2 Å². The molecule has 0 unspecified atom stereocenters. The molecule has 0 saturated heterocycles. The zero-order valence-electron chi connectivity index (χ0n) is 19.5. The molecule has 0 aliphatic carbocycles. The molecule has 3 aromatic rings. The number of benzene rings is 1. The fourth-order valence-electron chi connectivity index (χ4n) is 4.33. The summed E-state index contributed by atoms with van der Waals surface area (Å²) in [6, 6.07) is 9.29. The van der Waals surface area contributed by atoms with Gasteiger partial charge in [-0.15, -0.1) is 0 Å². The molecule has 33 heavy (non-hydrogen) atoms. The highest BCUT2D eigenvalue weighted by molar-refractivity contribution is 5.96. The molecule has 3 heterocycles. The predicted octanol–water partition coefficient (Wildman–Crippen LogP) is 3.87. The van der Waals surface area contributed by atoms with E-state index in [4.69, 9.17) is 9.15 Å². The van der Waals surface area contributed by atoms with Crippen LogP contribution in [0.2, 0.25) is 0 Å². The molecule has 172 valence electrons. The van der Waals surface area contributed by atoms with Gasteiger partial charge in [0.15, 0.2) is 5.76 Å². The van der Waals surface area contributed by atoms with Gasteiger partial charge in [-0.3, -0.25) is 14.6 Å². The summed E-state index contributed by atoms with van der Waals surface area (Å²) in [5, 5.41) is 2.94. The van der Waals surface area contributed by atoms with Gasteiger partial charge in [-0.05, 0) is 67.6 Å². The van der Waals surface area contributed by atoms with Crippen LogP contribution in [0.5, 0.6) is 0 Å². The fourth-order valence-corrected chi connectivity index (χ4v) is 4.33. The quantitative estimate of drug-likeness (QED) is 0.620. The molecule has 0 radical (unpaired) electrons. The summed E-state index contributed by atoms with van der Waals surface area (Å²) >= 11 is 0. The number of aromatic nitrogens is 1. The number of aryl methyl sites for hydroxylation is 3. The van der Waals surface area contributed by atoms with Gasteiger partial charge >= 0.3 is 0 Å². The highest BCUT2D eigenvalue weighted by atomic mass is 16.5. The Morgan fingerprint density at radius 2 is 2.00 bits per heavy atom. The average Bonchev–Trinajstić information content (AvgIpc) is 3.26. The molecular formula is C26H29N3O4. The van der Waals surface area contributed by atoms with Gasteiger partial charge in [-0.2, -0.15) is 0 Å². The Labute approximate surface area is 193 Å². The van der Waals surface area contributed by atoms with Gasteiger partial charge in [-0.25, -0.2) is 0 Å². The molecule has 7 heteroatoms. The van der Waals surface area contributed by atoms with Crippen molar-refractivity contribution in [3.05, 3.63) is 87.1 Å². The number of furan rings is 1. The fraction of sp³-hybridized carbons (Fsp3) is 0.346. The second-order valence-corrected chi connectivity index (χ2v) is 8.50. The molecule has 1 aliphatic rings. The Balaban J connectivity index is 1.48. The zero-order valence-corrected chi connectivity index (χ0v) is 19.5. The largest absolute Gasteiger partial charge is 0.453 e. The summed E-state index contributed by atoms with van der Waals surface area (Å²) in [6.45, 7) is 7.75. The number of carbonyl (C=O) groups is 2. The topological polar surface area (TPSA) is 84.7 Å². The van der Waals surface area contributed by atoms with Crippen LogP contribution in [-0.2, 0) is 30.9 Å². The minimum atomic E-state index is -0.281. The number of pyridine rings is 1. The second kappa shape index (κ2) is 9.58. The molecule has 2 amide bonds.